The quantitative estimate of drug-likeness (QED) is 0.0368. The van der Waals surface area contributed by atoms with Crippen LogP contribution >= 0.6 is 0 Å². The summed E-state index contributed by atoms with van der Waals surface area (Å²) in [7, 11) is 0. The van der Waals surface area contributed by atoms with Crippen LogP contribution in [0.3, 0.4) is 0 Å². The van der Waals surface area contributed by atoms with Crippen molar-refractivity contribution in [1.82, 2.24) is 0 Å². The van der Waals surface area contributed by atoms with Crippen LogP contribution in [0.15, 0.2) is 48.6 Å². The highest BCUT2D eigenvalue weighted by atomic mass is 16.7. The van der Waals surface area contributed by atoms with E-state index in [4.69, 9.17) is 18.9 Å². The first-order valence-electron chi connectivity index (χ1n) is 17.7. The van der Waals surface area contributed by atoms with Crippen LogP contribution in [-0.2, 0) is 28.5 Å². The highest BCUT2D eigenvalue weighted by Gasteiger charge is 2.44. The van der Waals surface area contributed by atoms with Crippen molar-refractivity contribution >= 4 is 11.9 Å². The van der Waals surface area contributed by atoms with E-state index in [1.165, 1.54) is 25.7 Å². The minimum atomic E-state index is -1.60. The zero-order chi connectivity index (χ0) is 34.5. The summed E-state index contributed by atoms with van der Waals surface area (Å²) >= 11 is 0. The molecule has 0 aromatic carbocycles. The molecule has 1 aliphatic heterocycles. The summed E-state index contributed by atoms with van der Waals surface area (Å²) in [5.41, 5.74) is 0. The predicted molar refractivity (Wildman–Crippen MR) is 182 cm³/mol. The molecule has 0 aromatic heterocycles. The standard InChI is InChI=1S/C37H62O10/c1-3-5-7-9-11-13-14-15-16-18-20-22-24-26-33(40)46-30(29-45-37-36(43)35(42)34(41)31(27-38)47-37)28-44-32(39)25-23-21-19-17-12-10-8-6-4-2/h5,7,9,11,13-14,17,19,30-31,34-38,41-43H,3-4,6,8,10,12,15-16,18,20-29H2,1-2H3/b7-5+,11-9+,14-13+,19-17+/t30?,31-,34+,35?,36?,37-/m1/s1. The van der Waals surface area contributed by atoms with Crippen LogP contribution in [0.2, 0.25) is 0 Å². The van der Waals surface area contributed by atoms with Crippen LogP contribution < -0.4 is 0 Å². The summed E-state index contributed by atoms with van der Waals surface area (Å²) in [4.78, 5) is 25.0. The molecule has 6 atom stereocenters. The lowest BCUT2D eigenvalue weighted by Gasteiger charge is -2.39. The van der Waals surface area contributed by atoms with Crippen LogP contribution in [0, 0.1) is 0 Å². The van der Waals surface area contributed by atoms with Gasteiger partial charge in [0.15, 0.2) is 12.4 Å². The van der Waals surface area contributed by atoms with E-state index in [1.54, 1.807) is 0 Å². The van der Waals surface area contributed by atoms with Gasteiger partial charge in [0.25, 0.3) is 0 Å². The van der Waals surface area contributed by atoms with Gasteiger partial charge in [-0.2, -0.15) is 0 Å². The van der Waals surface area contributed by atoms with Crippen molar-refractivity contribution in [3.05, 3.63) is 48.6 Å². The monoisotopic (exact) mass is 666 g/mol. The Bertz CT molecular complexity index is 913. The fourth-order valence-electron chi connectivity index (χ4n) is 4.89. The van der Waals surface area contributed by atoms with Gasteiger partial charge in [0.1, 0.15) is 31.0 Å². The van der Waals surface area contributed by atoms with Crippen molar-refractivity contribution < 1.29 is 49.0 Å². The molecule has 3 unspecified atom stereocenters. The lowest BCUT2D eigenvalue weighted by atomic mass is 9.99. The summed E-state index contributed by atoms with van der Waals surface area (Å²) < 4.78 is 21.9. The van der Waals surface area contributed by atoms with Gasteiger partial charge < -0.3 is 39.4 Å². The molecule has 0 radical (unpaired) electrons. The van der Waals surface area contributed by atoms with Crippen LogP contribution in [0.1, 0.15) is 117 Å². The maximum atomic E-state index is 12.6. The zero-order valence-electron chi connectivity index (χ0n) is 28.8. The number of aliphatic hydroxyl groups excluding tert-OH is 4. The first kappa shape index (κ1) is 42.7. The molecule has 0 spiro atoms. The summed E-state index contributed by atoms with van der Waals surface area (Å²) in [6.45, 7) is 3.15. The van der Waals surface area contributed by atoms with Crippen LogP contribution in [0.4, 0.5) is 0 Å². The molecule has 10 heteroatoms. The first-order chi connectivity index (χ1) is 22.8. The van der Waals surface area contributed by atoms with E-state index in [-0.39, 0.29) is 26.1 Å². The highest BCUT2D eigenvalue weighted by Crippen LogP contribution is 2.22. The second kappa shape index (κ2) is 28.7. The average Bonchev–Trinajstić information content (AvgIpc) is 3.06. The van der Waals surface area contributed by atoms with Crippen molar-refractivity contribution in [3.63, 3.8) is 0 Å². The summed E-state index contributed by atoms with van der Waals surface area (Å²) in [5.74, 6) is -0.881. The van der Waals surface area contributed by atoms with E-state index in [0.717, 1.165) is 51.4 Å². The fourth-order valence-corrected chi connectivity index (χ4v) is 4.89. The smallest absolute Gasteiger partial charge is 0.306 e. The molecule has 1 heterocycles. The van der Waals surface area contributed by atoms with Gasteiger partial charge in [-0.3, -0.25) is 9.59 Å². The molecular weight excluding hydrogens is 604 g/mol. The summed E-state index contributed by atoms with van der Waals surface area (Å²) in [6.07, 6.45) is 22.9. The molecule has 4 N–H and O–H groups in total. The third-order valence-corrected chi connectivity index (χ3v) is 7.76. The molecule has 10 nitrogen and oxygen atoms in total. The Morgan fingerprint density at radius 1 is 0.681 bits per heavy atom. The largest absolute Gasteiger partial charge is 0.462 e. The molecule has 1 fully saturated rings. The number of esters is 2. The molecule has 0 aliphatic carbocycles. The Morgan fingerprint density at radius 2 is 1.30 bits per heavy atom. The average molecular weight is 667 g/mol. The number of ether oxygens (including phenoxy) is 4. The summed E-state index contributed by atoms with van der Waals surface area (Å²) in [6, 6.07) is 0. The third kappa shape index (κ3) is 21.3. The number of allylic oxidation sites excluding steroid dienone is 8. The molecule has 270 valence electrons. The van der Waals surface area contributed by atoms with Gasteiger partial charge in [-0.1, -0.05) is 101 Å². The number of aliphatic hydroxyl groups is 4. The Labute approximate surface area is 282 Å². The normalized spacial score (nSPS) is 22.6. The number of unbranched alkanes of at least 4 members (excludes halogenated alkanes) is 10. The molecule has 0 aromatic rings. The molecule has 0 amide bonds. The maximum Gasteiger partial charge on any atom is 0.306 e. The van der Waals surface area contributed by atoms with Gasteiger partial charge >= 0.3 is 11.9 Å². The third-order valence-electron chi connectivity index (χ3n) is 7.76. The maximum absolute atomic E-state index is 12.6. The van der Waals surface area contributed by atoms with Crippen LogP contribution in [0.5, 0.6) is 0 Å². The highest BCUT2D eigenvalue weighted by molar-refractivity contribution is 5.70. The van der Waals surface area contributed by atoms with Gasteiger partial charge in [0, 0.05) is 12.8 Å². The zero-order valence-corrected chi connectivity index (χ0v) is 28.8. The van der Waals surface area contributed by atoms with Gasteiger partial charge in [-0.25, -0.2) is 0 Å². The molecule has 1 aliphatic rings. The van der Waals surface area contributed by atoms with Crippen LogP contribution in [0.25, 0.3) is 0 Å². The Hall–Kier alpha value is -2.34. The number of hydrogen-bond donors (Lipinski definition) is 4. The lowest BCUT2D eigenvalue weighted by molar-refractivity contribution is -0.305. The van der Waals surface area contributed by atoms with Crippen molar-refractivity contribution in [2.45, 2.75) is 153 Å². The van der Waals surface area contributed by atoms with Gasteiger partial charge in [0.2, 0.25) is 0 Å². The Kier molecular flexibility index (Phi) is 26.0. The van der Waals surface area contributed by atoms with Crippen LogP contribution in [-0.4, -0.2) is 89.0 Å². The Balaban J connectivity index is 2.48. The van der Waals surface area contributed by atoms with E-state index in [2.05, 4.69) is 44.2 Å². The molecular formula is C37H62O10. The van der Waals surface area contributed by atoms with Crippen molar-refractivity contribution in [3.8, 4) is 0 Å². The minimum absolute atomic E-state index is 0.200. The van der Waals surface area contributed by atoms with E-state index in [1.807, 2.05) is 18.2 Å². The number of carbonyl (C=O) groups is 2. The number of carbonyl (C=O) groups excluding carboxylic acids is 2. The second-order valence-electron chi connectivity index (χ2n) is 12.0. The predicted octanol–water partition coefficient (Wildman–Crippen LogP) is 5.76. The SMILES string of the molecule is CC/C=C/C=C/C=C/CCCCCCCC(=O)OC(COC(=O)CCC/C=C/CCCCCC)CO[C@@H]1O[C@H](CO)[C@H](O)C(O)C1O. The van der Waals surface area contributed by atoms with Gasteiger partial charge in [-0.05, 0) is 51.4 Å². The molecule has 0 saturated carbocycles. The van der Waals surface area contributed by atoms with Crippen molar-refractivity contribution in [1.29, 1.82) is 0 Å². The number of hydrogen-bond acceptors (Lipinski definition) is 10. The Morgan fingerprint density at radius 3 is 2.00 bits per heavy atom. The molecule has 1 saturated heterocycles. The van der Waals surface area contributed by atoms with E-state index in [0.29, 0.717) is 12.8 Å². The molecule has 0 bridgehead atoms. The second-order valence-corrected chi connectivity index (χ2v) is 12.0. The summed E-state index contributed by atoms with van der Waals surface area (Å²) in [5, 5.41) is 39.8. The topological polar surface area (TPSA) is 152 Å². The fraction of sp³-hybridized carbons (Fsp3) is 0.730. The molecule has 47 heavy (non-hydrogen) atoms. The number of rotatable bonds is 27. The van der Waals surface area contributed by atoms with E-state index in [9.17, 15) is 30.0 Å². The molecule has 1 rings (SSSR count). The van der Waals surface area contributed by atoms with Gasteiger partial charge in [-0.15, -0.1) is 0 Å². The minimum Gasteiger partial charge on any atom is -0.462 e. The lowest BCUT2D eigenvalue weighted by Crippen LogP contribution is -2.59. The van der Waals surface area contributed by atoms with Crippen molar-refractivity contribution in [2.75, 3.05) is 19.8 Å². The van der Waals surface area contributed by atoms with E-state index < -0.39 is 55.4 Å². The van der Waals surface area contributed by atoms with Gasteiger partial charge in [0.05, 0.1) is 13.2 Å². The van der Waals surface area contributed by atoms with Crippen molar-refractivity contribution in [2.24, 2.45) is 0 Å². The van der Waals surface area contributed by atoms with E-state index >= 15 is 0 Å². The first-order valence-corrected chi connectivity index (χ1v) is 17.7.